The molecule has 1 aliphatic heterocycles. The highest BCUT2D eigenvalue weighted by atomic mass is 32.1. The van der Waals surface area contributed by atoms with Gasteiger partial charge in [-0.2, -0.15) is 5.10 Å². The Hall–Kier alpha value is -2.58. The summed E-state index contributed by atoms with van der Waals surface area (Å²) in [6.45, 7) is 7.58. The van der Waals surface area contributed by atoms with E-state index in [4.69, 9.17) is 0 Å². The van der Waals surface area contributed by atoms with E-state index in [1.807, 2.05) is 32.2 Å². The fourth-order valence-corrected chi connectivity index (χ4v) is 4.57. The van der Waals surface area contributed by atoms with Crippen molar-refractivity contribution in [1.82, 2.24) is 24.9 Å². The highest BCUT2D eigenvalue weighted by molar-refractivity contribution is 7.22. The van der Waals surface area contributed by atoms with E-state index in [-0.39, 0.29) is 5.82 Å². The molecule has 0 unspecified atom stereocenters. The molecule has 0 aliphatic carbocycles. The molecule has 8 heteroatoms. The van der Waals surface area contributed by atoms with Crippen LogP contribution in [0.5, 0.6) is 0 Å². The SMILES string of the molecule is Cc1cn2nc(-c3cc(F)c4nc(N5CCNCC5)sc4c3)cc(C)c2n1. The zero-order valence-corrected chi connectivity index (χ0v) is 16.0. The van der Waals surface area contributed by atoms with E-state index in [1.165, 1.54) is 17.4 Å². The molecule has 1 fully saturated rings. The molecule has 0 bridgehead atoms. The maximum absolute atomic E-state index is 14.8. The molecule has 1 N–H and O–H groups in total. The van der Waals surface area contributed by atoms with E-state index >= 15 is 0 Å². The zero-order chi connectivity index (χ0) is 18.5. The lowest BCUT2D eigenvalue weighted by Gasteiger charge is -2.26. The monoisotopic (exact) mass is 382 g/mol. The number of fused-ring (bicyclic) bond motifs is 2. The summed E-state index contributed by atoms with van der Waals surface area (Å²) < 4.78 is 17.4. The third kappa shape index (κ3) is 2.85. The van der Waals surface area contributed by atoms with E-state index in [1.54, 1.807) is 4.52 Å². The minimum Gasteiger partial charge on any atom is -0.346 e. The summed E-state index contributed by atoms with van der Waals surface area (Å²) in [4.78, 5) is 11.2. The molecule has 27 heavy (non-hydrogen) atoms. The highest BCUT2D eigenvalue weighted by Gasteiger charge is 2.18. The Balaban J connectivity index is 1.61. The third-order valence-corrected chi connectivity index (χ3v) is 5.91. The molecule has 0 atom stereocenters. The first kappa shape index (κ1) is 16.6. The first-order valence-electron chi connectivity index (χ1n) is 8.98. The number of hydrogen-bond acceptors (Lipinski definition) is 6. The van der Waals surface area contributed by atoms with Gasteiger partial charge >= 0.3 is 0 Å². The fourth-order valence-electron chi connectivity index (χ4n) is 3.50. The van der Waals surface area contributed by atoms with Crippen LogP contribution in [0.3, 0.4) is 0 Å². The Labute approximate surface area is 159 Å². The number of rotatable bonds is 2. The molecule has 6 nitrogen and oxygen atoms in total. The Morgan fingerprint density at radius 2 is 1.93 bits per heavy atom. The molecule has 0 amide bonds. The lowest BCUT2D eigenvalue weighted by Crippen LogP contribution is -2.43. The molecule has 3 aromatic heterocycles. The summed E-state index contributed by atoms with van der Waals surface area (Å²) in [5.74, 6) is -0.304. The second kappa shape index (κ2) is 6.24. The Morgan fingerprint density at radius 3 is 2.74 bits per heavy atom. The van der Waals surface area contributed by atoms with E-state index < -0.39 is 0 Å². The number of benzene rings is 1. The average Bonchev–Trinajstić information content (AvgIpc) is 3.26. The van der Waals surface area contributed by atoms with E-state index in [2.05, 4.69) is 25.3 Å². The molecular weight excluding hydrogens is 363 g/mol. The molecule has 1 saturated heterocycles. The number of nitrogens with one attached hydrogen (secondary N) is 1. The van der Waals surface area contributed by atoms with Crippen LogP contribution in [-0.4, -0.2) is 45.8 Å². The predicted molar refractivity (Wildman–Crippen MR) is 106 cm³/mol. The summed E-state index contributed by atoms with van der Waals surface area (Å²) in [5.41, 5.74) is 4.68. The van der Waals surface area contributed by atoms with Crippen molar-refractivity contribution in [3.63, 3.8) is 0 Å². The number of imidazole rings is 1. The van der Waals surface area contributed by atoms with E-state index in [0.717, 1.165) is 64.2 Å². The van der Waals surface area contributed by atoms with E-state index in [0.29, 0.717) is 5.52 Å². The maximum Gasteiger partial charge on any atom is 0.186 e. The van der Waals surface area contributed by atoms with Gasteiger partial charge in [-0.05, 0) is 37.6 Å². The number of hydrogen-bond donors (Lipinski definition) is 1. The van der Waals surface area contributed by atoms with Gasteiger partial charge in [-0.15, -0.1) is 0 Å². The van der Waals surface area contributed by atoms with Gasteiger partial charge in [-0.3, -0.25) is 0 Å². The lowest BCUT2D eigenvalue weighted by molar-refractivity contribution is 0.588. The van der Waals surface area contributed by atoms with Gasteiger partial charge in [0.1, 0.15) is 5.52 Å². The number of halogens is 1. The molecule has 0 spiro atoms. The quantitative estimate of drug-likeness (QED) is 0.577. The topological polar surface area (TPSA) is 58.4 Å². The van der Waals surface area contributed by atoms with Gasteiger partial charge in [-0.1, -0.05) is 11.3 Å². The van der Waals surface area contributed by atoms with E-state index in [9.17, 15) is 4.39 Å². The van der Waals surface area contributed by atoms with Crippen LogP contribution >= 0.6 is 11.3 Å². The van der Waals surface area contributed by atoms with Crippen LogP contribution < -0.4 is 10.2 Å². The van der Waals surface area contributed by atoms with Crippen molar-refractivity contribution in [3.8, 4) is 11.3 Å². The summed E-state index contributed by atoms with van der Waals surface area (Å²) in [5, 5.41) is 8.83. The van der Waals surface area contributed by atoms with Gasteiger partial charge in [0.2, 0.25) is 0 Å². The van der Waals surface area contributed by atoms with Crippen molar-refractivity contribution in [1.29, 1.82) is 0 Å². The minimum absolute atomic E-state index is 0.304. The van der Waals surface area contributed by atoms with Crippen molar-refractivity contribution in [2.75, 3.05) is 31.1 Å². The van der Waals surface area contributed by atoms with Crippen molar-refractivity contribution >= 4 is 32.3 Å². The van der Waals surface area contributed by atoms with Gasteiger partial charge in [-0.25, -0.2) is 18.9 Å². The smallest absolute Gasteiger partial charge is 0.186 e. The molecule has 1 aliphatic rings. The summed E-state index contributed by atoms with van der Waals surface area (Å²) >= 11 is 1.54. The second-order valence-corrected chi connectivity index (χ2v) is 7.91. The minimum atomic E-state index is -0.304. The Morgan fingerprint density at radius 1 is 1.11 bits per heavy atom. The van der Waals surface area contributed by atoms with Gasteiger partial charge in [0.15, 0.2) is 16.6 Å². The van der Waals surface area contributed by atoms with Gasteiger partial charge < -0.3 is 10.2 Å². The number of thiazole rings is 1. The van der Waals surface area contributed by atoms with Crippen LogP contribution in [0, 0.1) is 19.7 Å². The van der Waals surface area contributed by atoms with Crippen molar-refractivity contribution in [3.05, 3.63) is 41.5 Å². The molecule has 0 saturated carbocycles. The van der Waals surface area contributed by atoms with Crippen LogP contribution in [0.15, 0.2) is 24.4 Å². The standard InChI is InChI=1S/C19H19FN6S/c1-11-7-15(24-26-10-12(2)22-18(11)26)13-8-14(20)17-16(9-13)27-19(23-17)25-5-3-21-4-6-25/h7-10,21H,3-6H2,1-2H3. The maximum atomic E-state index is 14.8. The first-order valence-corrected chi connectivity index (χ1v) is 9.80. The molecule has 4 aromatic rings. The Bertz CT molecular complexity index is 1160. The molecule has 138 valence electrons. The summed E-state index contributed by atoms with van der Waals surface area (Å²) in [6.07, 6.45) is 1.88. The molecule has 4 heterocycles. The number of aromatic nitrogens is 4. The third-order valence-electron chi connectivity index (χ3n) is 4.85. The van der Waals surface area contributed by atoms with Crippen LogP contribution in [0.2, 0.25) is 0 Å². The summed E-state index contributed by atoms with van der Waals surface area (Å²) in [7, 11) is 0. The van der Waals surface area contributed by atoms with Crippen LogP contribution in [0.25, 0.3) is 27.1 Å². The summed E-state index contributed by atoms with van der Waals surface area (Å²) in [6, 6.07) is 5.47. The van der Waals surface area contributed by atoms with Crippen LogP contribution in [-0.2, 0) is 0 Å². The number of nitrogens with zero attached hydrogens (tertiary/aromatic N) is 5. The molecule has 0 radical (unpaired) electrons. The van der Waals surface area contributed by atoms with Crippen LogP contribution in [0.4, 0.5) is 9.52 Å². The average molecular weight is 382 g/mol. The lowest BCUT2D eigenvalue weighted by atomic mass is 10.1. The molecule has 5 rings (SSSR count). The van der Waals surface area contributed by atoms with Gasteiger partial charge in [0.05, 0.1) is 22.3 Å². The fraction of sp³-hybridized carbons (Fsp3) is 0.316. The highest BCUT2D eigenvalue weighted by Crippen LogP contribution is 2.34. The van der Waals surface area contributed by atoms with Gasteiger partial charge in [0.25, 0.3) is 0 Å². The van der Waals surface area contributed by atoms with Crippen molar-refractivity contribution in [2.24, 2.45) is 0 Å². The Kier molecular flexibility index (Phi) is 3.84. The first-order chi connectivity index (χ1) is 13.1. The van der Waals surface area contributed by atoms with Crippen molar-refractivity contribution < 1.29 is 4.39 Å². The van der Waals surface area contributed by atoms with Crippen LogP contribution in [0.1, 0.15) is 11.3 Å². The predicted octanol–water partition coefficient (Wildman–Crippen LogP) is 3.17. The number of anilines is 1. The largest absolute Gasteiger partial charge is 0.346 e. The second-order valence-electron chi connectivity index (χ2n) is 6.90. The number of piperazine rings is 1. The van der Waals surface area contributed by atoms with Crippen molar-refractivity contribution in [2.45, 2.75) is 13.8 Å². The van der Waals surface area contributed by atoms with Gasteiger partial charge in [0, 0.05) is 31.7 Å². The molecular formula is C19H19FN6S. The number of aryl methyl sites for hydroxylation is 2. The zero-order valence-electron chi connectivity index (χ0n) is 15.2. The normalized spacial score (nSPS) is 15.1. The molecule has 1 aromatic carbocycles.